The molecule has 1 aliphatic heterocycles. The van der Waals surface area contributed by atoms with E-state index in [0.29, 0.717) is 25.1 Å². The average Bonchev–Trinajstić information content (AvgIpc) is 3.09. The molecule has 6 nitrogen and oxygen atoms in total. The summed E-state index contributed by atoms with van der Waals surface area (Å²) in [4.78, 5) is 27.0. The van der Waals surface area contributed by atoms with Crippen LogP contribution in [0.4, 0.5) is 0 Å². The van der Waals surface area contributed by atoms with E-state index in [1.54, 1.807) is 18.1 Å². The number of carbonyl (C=O) groups is 2. The molecule has 2 aromatic rings. The van der Waals surface area contributed by atoms with Gasteiger partial charge >= 0.3 is 0 Å². The van der Waals surface area contributed by atoms with Gasteiger partial charge in [-0.2, -0.15) is 0 Å². The maximum atomic E-state index is 13.1. The second-order valence-corrected chi connectivity index (χ2v) is 6.68. The quantitative estimate of drug-likeness (QED) is 0.847. The van der Waals surface area contributed by atoms with Gasteiger partial charge in [0, 0.05) is 24.7 Å². The van der Waals surface area contributed by atoms with E-state index in [2.05, 4.69) is 5.32 Å². The monoisotopic (exact) mass is 367 g/mol. The van der Waals surface area contributed by atoms with Crippen LogP contribution in [0.1, 0.15) is 23.7 Å². The summed E-state index contributed by atoms with van der Waals surface area (Å²) in [6.45, 7) is 2.76. The predicted octanol–water partition coefficient (Wildman–Crippen LogP) is 2.04. The van der Waals surface area contributed by atoms with Crippen molar-refractivity contribution in [2.45, 2.75) is 25.4 Å². The van der Waals surface area contributed by atoms with Gasteiger partial charge in [-0.25, -0.2) is 0 Å². The van der Waals surface area contributed by atoms with Crippen molar-refractivity contribution in [3.05, 3.63) is 54.1 Å². The smallest absolute Gasteiger partial charge is 0.254 e. The van der Waals surface area contributed by atoms with Crippen molar-refractivity contribution in [1.29, 1.82) is 0 Å². The number of benzene rings is 2. The number of methoxy groups -OCH3 is 1. The van der Waals surface area contributed by atoms with E-state index >= 15 is 0 Å². The van der Waals surface area contributed by atoms with Crippen molar-refractivity contribution in [2.24, 2.45) is 5.73 Å². The first kappa shape index (κ1) is 18.9. The minimum Gasteiger partial charge on any atom is -0.497 e. The van der Waals surface area contributed by atoms with Crippen molar-refractivity contribution in [1.82, 2.24) is 10.2 Å². The van der Waals surface area contributed by atoms with Crippen LogP contribution in [-0.2, 0) is 4.79 Å². The number of hydrogen-bond acceptors (Lipinski definition) is 4. The second-order valence-electron chi connectivity index (χ2n) is 6.68. The number of rotatable bonds is 5. The second kappa shape index (κ2) is 8.22. The van der Waals surface area contributed by atoms with Gasteiger partial charge in [-0.1, -0.05) is 24.3 Å². The van der Waals surface area contributed by atoms with Crippen LogP contribution in [0, 0.1) is 0 Å². The third-order valence-electron chi connectivity index (χ3n) is 4.76. The summed E-state index contributed by atoms with van der Waals surface area (Å²) in [5.41, 5.74) is 8.45. The number of nitrogens with zero attached hydrogens (tertiary/aromatic N) is 1. The summed E-state index contributed by atoms with van der Waals surface area (Å²) in [6.07, 6.45) is 0.479. The van der Waals surface area contributed by atoms with Crippen LogP contribution in [0.25, 0.3) is 11.1 Å². The van der Waals surface area contributed by atoms with Crippen LogP contribution in [0.15, 0.2) is 48.5 Å². The SMILES string of the molecule is CCNC(=O)[C@@H]1C[C@H](N)CN1C(=O)c1cccc(-c2cccc(OC)c2)c1. The highest BCUT2D eigenvalue weighted by atomic mass is 16.5. The summed E-state index contributed by atoms with van der Waals surface area (Å²) in [5.74, 6) is 0.428. The third kappa shape index (κ3) is 4.11. The molecule has 0 unspecified atom stereocenters. The number of likely N-dealkylation sites (N-methyl/N-ethyl adjacent to an activating group) is 1. The first-order valence-electron chi connectivity index (χ1n) is 9.12. The van der Waals surface area contributed by atoms with Crippen LogP contribution in [-0.4, -0.2) is 49.0 Å². The molecule has 3 rings (SSSR count). The Labute approximate surface area is 159 Å². The minimum atomic E-state index is -0.520. The number of hydrogen-bond donors (Lipinski definition) is 2. The highest BCUT2D eigenvalue weighted by Gasteiger charge is 2.38. The molecule has 6 heteroatoms. The zero-order valence-electron chi connectivity index (χ0n) is 15.6. The molecule has 0 aliphatic carbocycles. The number of nitrogens with one attached hydrogen (secondary N) is 1. The summed E-state index contributed by atoms with van der Waals surface area (Å²) in [5, 5.41) is 2.79. The zero-order chi connectivity index (χ0) is 19.4. The molecule has 2 aromatic carbocycles. The fourth-order valence-electron chi connectivity index (χ4n) is 3.43. The number of amides is 2. The van der Waals surface area contributed by atoms with Gasteiger partial charge in [0.1, 0.15) is 11.8 Å². The molecular weight excluding hydrogens is 342 g/mol. The standard InChI is InChI=1S/C21H25N3O3/c1-3-23-20(25)19-12-17(22)13-24(19)21(26)16-8-4-6-14(10-16)15-7-5-9-18(11-15)27-2/h4-11,17,19H,3,12-13,22H2,1-2H3,(H,23,25)/t17-,19-/m0/s1. The summed E-state index contributed by atoms with van der Waals surface area (Å²) < 4.78 is 5.28. The van der Waals surface area contributed by atoms with Gasteiger partial charge in [0.15, 0.2) is 0 Å². The summed E-state index contributed by atoms with van der Waals surface area (Å²) >= 11 is 0. The van der Waals surface area contributed by atoms with Crippen molar-refractivity contribution < 1.29 is 14.3 Å². The fourth-order valence-corrected chi connectivity index (χ4v) is 3.43. The van der Waals surface area contributed by atoms with Gasteiger partial charge in [-0.3, -0.25) is 9.59 Å². The average molecular weight is 367 g/mol. The summed E-state index contributed by atoms with van der Waals surface area (Å²) in [7, 11) is 1.62. The van der Waals surface area contributed by atoms with E-state index < -0.39 is 6.04 Å². The number of ether oxygens (including phenoxy) is 1. The molecule has 1 aliphatic rings. The molecule has 142 valence electrons. The van der Waals surface area contributed by atoms with Crippen LogP contribution in [0.2, 0.25) is 0 Å². The van der Waals surface area contributed by atoms with Crippen molar-refractivity contribution in [2.75, 3.05) is 20.2 Å². The first-order valence-corrected chi connectivity index (χ1v) is 9.12. The Kier molecular flexibility index (Phi) is 5.76. The van der Waals surface area contributed by atoms with Crippen LogP contribution >= 0.6 is 0 Å². The van der Waals surface area contributed by atoms with E-state index in [9.17, 15) is 9.59 Å². The van der Waals surface area contributed by atoms with Crippen LogP contribution in [0.3, 0.4) is 0 Å². The van der Waals surface area contributed by atoms with Gasteiger partial charge in [-0.15, -0.1) is 0 Å². The Morgan fingerprint density at radius 2 is 1.89 bits per heavy atom. The Morgan fingerprint density at radius 3 is 2.59 bits per heavy atom. The predicted molar refractivity (Wildman–Crippen MR) is 105 cm³/mol. The van der Waals surface area contributed by atoms with E-state index in [0.717, 1.165) is 16.9 Å². The fraction of sp³-hybridized carbons (Fsp3) is 0.333. The molecule has 0 aromatic heterocycles. The lowest BCUT2D eigenvalue weighted by Crippen LogP contribution is -2.45. The lowest BCUT2D eigenvalue weighted by Gasteiger charge is -2.24. The van der Waals surface area contributed by atoms with Gasteiger partial charge in [0.25, 0.3) is 5.91 Å². The van der Waals surface area contributed by atoms with E-state index in [4.69, 9.17) is 10.5 Å². The van der Waals surface area contributed by atoms with Gasteiger partial charge in [0.05, 0.1) is 7.11 Å². The summed E-state index contributed by atoms with van der Waals surface area (Å²) in [6, 6.07) is 14.4. The molecule has 1 saturated heterocycles. The molecule has 1 fully saturated rings. The molecule has 0 saturated carbocycles. The van der Waals surface area contributed by atoms with Crippen molar-refractivity contribution >= 4 is 11.8 Å². The number of nitrogens with two attached hydrogens (primary N) is 1. The lowest BCUT2D eigenvalue weighted by atomic mass is 10.0. The molecule has 3 N–H and O–H groups in total. The maximum Gasteiger partial charge on any atom is 0.254 e. The lowest BCUT2D eigenvalue weighted by molar-refractivity contribution is -0.124. The normalized spacial score (nSPS) is 19.0. The van der Waals surface area contributed by atoms with E-state index in [1.807, 2.05) is 49.4 Å². The molecule has 0 bridgehead atoms. The van der Waals surface area contributed by atoms with Gasteiger partial charge < -0.3 is 20.7 Å². The Bertz CT molecular complexity index is 837. The van der Waals surface area contributed by atoms with Crippen LogP contribution in [0.5, 0.6) is 5.75 Å². The van der Waals surface area contributed by atoms with E-state index in [-0.39, 0.29) is 17.9 Å². The van der Waals surface area contributed by atoms with Crippen molar-refractivity contribution in [3.63, 3.8) is 0 Å². The Morgan fingerprint density at radius 1 is 1.19 bits per heavy atom. The number of likely N-dealkylation sites (tertiary alicyclic amines) is 1. The molecule has 2 amide bonds. The molecule has 2 atom stereocenters. The number of carbonyl (C=O) groups excluding carboxylic acids is 2. The highest BCUT2D eigenvalue weighted by Crippen LogP contribution is 2.26. The molecule has 27 heavy (non-hydrogen) atoms. The van der Waals surface area contributed by atoms with Gasteiger partial charge in [-0.05, 0) is 48.7 Å². The van der Waals surface area contributed by atoms with Crippen LogP contribution < -0.4 is 15.8 Å². The molecule has 0 radical (unpaired) electrons. The Balaban J connectivity index is 1.87. The maximum absolute atomic E-state index is 13.1. The molecule has 1 heterocycles. The van der Waals surface area contributed by atoms with E-state index in [1.165, 1.54) is 0 Å². The minimum absolute atomic E-state index is 0.150. The largest absolute Gasteiger partial charge is 0.497 e. The highest BCUT2D eigenvalue weighted by molar-refractivity contribution is 5.99. The zero-order valence-corrected chi connectivity index (χ0v) is 15.6. The molecule has 0 spiro atoms. The first-order chi connectivity index (χ1) is 13.0. The van der Waals surface area contributed by atoms with Gasteiger partial charge in [0.2, 0.25) is 5.91 Å². The van der Waals surface area contributed by atoms with Crippen molar-refractivity contribution in [3.8, 4) is 16.9 Å². The topological polar surface area (TPSA) is 84.7 Å². The Hall–Kier alpha value is -2.86. The third-order valence-corrected chi connectivity index (χ3v) is 4.76. The molecular formula is C21H25N3O3.